The topological polar surface area (TPSA) is 72.0 Å². The maximum absolute atomic E-state index is 11.7. The van der Waals surface area contributed by atoms with E-state index in [9.17, 15) is 8.42 Å². The lowest BCUT2D eigenvalue weighted by molar-refractivity contribution is 0.601. The number of nitrogens with zero attached hydrogens (tertiary/aromatic N) is 2. The lowest BCUT2D eigenvalue weighted by Crippen LogP contribution is -2.21. The molecular weight excluding hydrogens is 294 g/mol. The Balaban J connectivity index is 2.22. The smallest absolute Gasteiger partial charge is 0.180 e. The number of hydrogen-bond donors (Lipinski definition) is 1. The molecule has 2 aromatic rings. The molecule has 1 atom stereocenters. The highest BCUT2D eigenvalue weighted by atomic mass is 32.2. The van der Waals surface area contributed by atoms with E-state index in [4.69, 9.17) is 0 Å². The third kappa shape index (κ3) is 3.77. The van der Waals surface area contributed by atoms with Crippen molar-refractivity contribution in [3.63, 3.8) is 0 Å². The van der Waals surface area contributed by atoms with Crippen LogP contribution < -0.4 is 5.32 Å². The number of hydrogen-bond acceptors (Lipinski definition) is 6. The van der Waals surface area contributed by atoms with Crippen LogP contribution in [0.2, 0.25) is 0 Å². The van der Waals surface area contributed by atoms with Crippen LogP contribution in [0.1, 0.15) is 18.3 Å². The molecule has 5 nitrogen and oxygen atoms in total. The summed E-state index contributed by atoms with van der Waals surface area (Å²) >= 11 is 1.65. The lowest BCUT2D eigenvalue weighted by atomic mass is 10.1. The van der Waals surface area contributed by atoms with Crippen molar-refractivity contribution in [2.45, 2.75) is 31.2 Å². The molecule has 2 aromatic heterocycles. The molecule has 0 unspecified atom stereocenters. The van der Waals surface area contributed by atoms with Gasteiger partial charge in [0, 0.05) is 12.3 Å². The number of nitrogens with one attached hydrogen (secondary N) is 1. The summed E-state index contributed by atoms with van der Waals surface area (Å²) in [6, 6.07) is 2.14. The summed E-state index contributed by atoms with van der Waals surface area (Å²) in [4.78, 5) is 8.31. The predicted molar refractivity (Wildman–Crippen MR) is 81.0 cm³/mol. The first-order valence-electron chi connectivity index (χ1n) is 6.17. The number of anilines is 1. The minimum atomic E-state index is -3.34. The molecule has 20 heavy (non-hydrogen) atoms. The van der Waals surface area contributed by atoms with Crippen LogP contribution in [-0.4, -0.2) is 30.7 Å². The number of aromatic nitrogens is 2. The molecule has 2 rings (SSSR count). The highest BCUT2D eigenvalue weighted by Crippen LogP contribution is 2.19. The monoisotopic (exact) mass is 311 g/mol. The molecule has 0 aromatic carbocycles. The molecular formula is C13H17N3O2S2. The Labute approximate surface area is 123 Å². The molecule has 7 heteroatoms. The highest BCUT2D eigenvalue weighted by Gasteiger charge is 2.17. The Morgan fingerprint density at radius 3 is 2.80 bits per heavy atom. The maximum Gasteiger partial charge on any atom is 0.180 e. The van der Waals surface area contributed by atoms with E-state index in [0.29, 0.717) is 11.6 Å². The molecule has 0 aliphatic carbocycles. The van der Waals surface area contributed by atoms with Crippen LogP contribution in [0.5, 0.6) is 0 Å². The van der Waals surface area contributed by atoms with Gasteiger partial charge in [-0.3, -0.25) is 0 Å². The minimum absolute atomic E-state index is 0.0828. The van der Waals surface area contributed by atoms with Gasteiger partial charge in [-0.25, -0.2) is 18.4 Å². The molecule has 2 heterocycles. The van der Waals surface area contributed by atoms with Crippen molar-refractivity contribution < 1.29 is 8.42 Å². The van der Waals surface area contributed by atoms with Crippen LogP contribution in [0, 0.1) is 6.92 Å². The Morgan fingerprint density at radius 2 is 2.20 bits per heavy atom. The summed E-state index contributed by atoms with van der Waals surface area (Å²) in [5, 5.41) is 7.28. The third-order valence-corrected chi connectivity index (χ3v) is 4.61. The summed E-state index contributed by atoms with van der Waals surface area (Å²) < 4.78 is 23.5. The van der Waals surface area contributed by atoms with E-state index in [1.54, 1.807) is 18.3 Å². The van der Waals surface area contributed by atoms with Crippen LogP contribution in [0.15, 0.2) is 27.9 Å². The van der Waals surface area contributed by atoms with E-state index >= 15 is 0 Å². The highest BCUT2D eigenvalue weighted by molar-refractivity contribution is 7.90. The van der Waals surface area contributed by atoms with Gasteiger partial charge in [-0.05, 0) is 42.7 Å². The molecule has 0 aliphatic heterocycles. The lowest BCUT2D eigenvalue weighted by Gasteiger charge is -2.16. The zero-order valence-electron chi connectivity index (χ0n) is 11.6. The first kappa shape index (κ1) is 14.9. The van der Waals surface area contributed by atoms with Crippen molar-refractivity contribution in [3.05, 3.63) is 34.4 Å². The summed E-state index contributed by atoms with van der Waals surface area (Å²) in [7, 11) is -3.34. The second-order valence-electron chi connectivity index (χ2n) is 4.78. The van der Waals surface area contributed by atoms with Crippen molar-refractivity contribution in [1.29, 1.82) is 0 Å². The average molecular weight is 311 g/mol. The standard InChI is InChI=1S/C13H17N3O2S2/c1-9(6-11-4-5-19-8-11)15-13-12(20(3,17)18)7-14-10(2)16-13/h4-5,7-9H,6H2,1-3H3,(H,14,15,16)/t9-/m1/s1. The van der Waals surface area contributed by atoms with E-state index in [-0.39, 0.29) is 10.9 Å². The fourth-order valence-electron chi connectivity index (χ4n) is 1.88. The molecule has 0 spiro atoms. The van der Waals surface area contributed by atoms with Gasteiger partial charge < -0.3 is 5.32 Å². The summed E-state index contributed by atoms with van der Waals surface area (Å²) in [6.07, 6.45) is 3.34. The first-order chi connectivity index (χ1) is 9.36. The van der Waals surface area contributed by atoms with E-state index in [0.717, 1.165) is 12.7 Å². The average Bonchev–Trinajstić information content (AvgIpc) is 2.79. The second-order valence-corrected chi connectivity index (χ2v) is 7.55. The van der Waals surface area contributed by atoms with Crippen molar-refractivity contribution in [2.75, 3.05) is 11.6 Å². The first-order valence-corrected chi connectivity index (χ1v) is 9.01. The predicted octanol–water partition coefficient (Wildman–Crippen LogP) is 2.29. The third-order valence-electron chi connectivity index (χ3n) is 2.78. The van der Waals surface area contributed by atoms with Gasteiger partial charge in [0.25, 0.3) is 0 Å². The Morgan fingerprint density at radius 1 is 1.45 bits per heavy atom. The molecule has 1 N–H and O–H groups in total. The fourth-order valence-corrected chi connectivity index (χ4v) is 3.26. The van der Waals surface area contributed by atoms with Gasteiger partial charge in [0.15, 0.2) is 9.84 Å². The number of sulfone groups is 1. The Bertz CT molecular complexity index is 682. The number of aryl methyl sites for hydroxylation is 1. The minimum Gasteiger partial charge on any atom is -0.366 e. The zero-order chi connectivity index (χ0) is 14.8. The van der Waals surface area contributed by atoms with Crippen molar-refractivity contribution in [2.24, 2.45) is 0 Å². The van der Waals surface area contributed by atoms with E-state index in [1.807, 2.05) is 12.3 Å². The van der Waals surface area contributed by atoms with Crippen LogP contribution in [0.4, 0.5) is 5.82 Å². The van der Waals surface area contributed by atoms with Gasteiger partial charge in [-0.1, -0.05) is 0 Å². The van der Waals surface area contributed by atoms with Gasteiger partial charge in [-0.2, -0.15) is 11.3 Å². The van der Waals surface area contributed by atoms with E-state index < -0.39 is 9.84 Å². The Kier molecular flexibility index (Phi) is 4.39. The molecule has 0 bridgehead atoms. The van der Waals surface area contributed by atoms with Gasteiger partial charge in [-0.15, -0.1) is 0 Å². The quantitative estimate of drug-likeness (QED) is 0.917. The number of thiophene rings is 1. The van der Waals surface area contributed by atoms with Gasteiger partial charge in [0.1, 0.15) is 16.5 Å². The number of rotatable bonds is 5. The molecule has 0 fully saturated rings. The van der Waals surface area contributed by atoms with Crippen LogP contribution in [0.25, 0.3) is 0 Å². The molecule has 0 aliphatic rings. The Hall–Kier alpha value is -1.47. The molecule has 0 radical (unpaired) electrons. The molecule has 0 saturated heterocycles. The maximum atomic E-state index is 11.7. The van der Waals surface area contributed by atoms with Crippen molar-refractivity contribution in [3.8, 4) is 0 Å². The normalized spacial score (nSPS) is 13.2. The van der Waals surface area contributed by atoms with E-state index in [1.165, 1.54) is 11.8 Å². The van der Waals surface area contributed by atoms with E-state index in [2.05, 4.69) is 26.7 Å². The van der Waals surface area contributed by atoms with Crippen LogP contribution in [0.3, 0.4) is 0 Å². The second kappa shape index (κ2) is 5.88. The summed E-state index contributed by atoms with van der Waals surface area (Å²) in [5.41, 5.74) is 1.22. The SMILES string of the molecule is Cc1ncc(S(C)(=O)=O)c(N[C@H](C)Cc2ccsc2)n1. The van der Waals surface area contributed by atoms with Crippen LogP contribution in [-0.2, 0) is 16.3 Å². The zero-order valence-corrected chi connectivity index (χ0v) is 13.3. The molecule has 0 saturated carbocycles. The molecule has 0 amide bonds. The largest absolute Gasteiger partial charge is 0.366 e. The van der Waals surface area contributed by atoms with Gasteiger partial charge >= 0.3 is 0 Å². The van der Waals surface area contributed by atoms with Crippen LogP contribution >= 0.6 is 11.3 Å². The van der Waals surface area contributed by atoms with Crippen molar-refractivity contribution in [1.82, 2.24) is 9.97 Å². The van der Waals surface area contributed by atoms with Gasteiger partial charge in [0.05, 0.1) is 6.20 Å². The summed E-state index contributed by atoms with van der Waals surface area (Å²) in [6.45, 7) is 3.74. The molecule has 108 valence electrons. The summed E-state index contributed by atoms with van der Waals surface area (Å²) in [5.74, 6) is 0.922. The fraction of sp³-hybridized carbons (Fsp3) is 0.385. The van der Waals surface area contributed by atoms with Gasteiger partial charge in [0.2, 0.25) is 0 Å². The van der Waals surface area contributed by atoms with Crippen molar-refractivity contribution >= 4 is 27.0 Å².